The SMILES string of the molecule is CB(C)C(=O)C(C)(C)C(C)(C)C. The molecular weight excluding hydrogens is 147 g/mol. The molecule has 0 unspecified atom stereocenters. The number of rotatable bonds is 2. The van der Waals surface area contributed by atoms with E-state index in [1.54, 1.807) is 0 Å². The van der Waals surface area contributed by atoms with Gasteiger partial charge in [0.05, 0.1) is 5.68 Å². The quantitative estimate of drug-likeness (QED) is 0.579. The van der Waals surface area contributed by atoms with Gasteiger partial charge < -0.3 is 4.79 Å². The molecule has 0 aliphatic heterocycles. The van der Waals surface area contributed by atoms with Crippen LogP contribution in [0.4, 0.5) is 0 Å². The molecule has 0 rings (SSSR count). The van der Waals surface area contributed by atoms with E-state index < -0.39 is 0 Å². The minimum Gasteiger partial charge on any atom is -0.311 e. The summed E-state index contributed by atoms with van der Waals surface area (Å²) in [5.74, 6) is 0. The van der Waals surface area contributed by atoms with Gasteiger partial charge in [0.25, 0.3) is 0 Å². The van der Waals surface area contributed by atoms with E-state index in [0.29, 0.717) is 5.68 Å². The summed E-state index contributed by atoms with van der Waals surface area (Å²) in [4.78, 5) is 11.8. The van der Waals surface area contributed by atoms with E-state index in [4.69, 9.17) is 0 Å². The minimum absolute atomic E-state index is 0.0500. The molecule has 0 aromatic heterocycles. The molecule has 1 nitrogen and oxygen atoms in total. The van der Waals surface area contributed by atoms with Crippen molar-refractivity contribution in [3.63, 3.8) is 0 Å². The van der Waals surface area contributed by atoms with Crippen LogP contribution in [0, 0.1) is 10.8 Å². The van der Waals surface area contributed by atoms with Crippen LogP contribution in [0.1, 0.15) is 34.6 Å². The van der Waals surface area contributed by atoms with Crippen molar-refractivity contribution in [3.05, 3.63) is 0 Å². The van der Waals surface area contributed by atoms with Crippen molar-refractivity contribution in [1.29, 1.82) is 0 Å². The summed E-state index contributed by atoms with van der Waals surface area (Å²) in [5.41, 5.74) is 0.185. The molecule has 0 spiro atoms. The molecule has 70 valence electrons. The molecule has 12 heavy (non-hydrogen) atoms. The smallest absolute Gasteiger partial charge is 0.217 e. The van der Waals surface area contributed by atoms with Crippen LogP contribution in [-0.2, 0) is 4.79 Å². The molecule has 0 aliphatic rings. The van der Waals surface area contributed by atoms with Crippen LogP contribution >= 0.6 is 0 Å². The Labute approximate surface area is 77.0 Å². The summed E-state index contributed by atoms with van der Waals surface area (Å²) >= 11 is 0. The summed E-state index contributed by atoms with van der Waals surface area (Å²) in [6, 6.07) is 0. The van der Waals surface area contributed by atoms with Crippen LogP contribution in [0.15, 0.2) is 0 Å². The minimum atomic E-state index is -0.221. The molecular formula is C10H21BO. The number of hydrogen-bond donors (Lipinski definition) is 0. The zero-order valence-electron chi connectivity index (χ0n) is 9.49. The molecule has 0 aliphatic carbocycles. The average Bonchev–Trinajstić information content (AvgIpc) is 1.83. The van der Waals surface area contributed by atoms with Crippen molar-refractivity contribution < 1.29 is 4.79 Å². The normalized spacial score (nSPS) is 12.9. The van der Waals surface area contributed by atoms with Crippen molar-refractivity contribution in [2.75, 3.05) is 0 Å². The summed E-state index contributed by atoms with van der Waals surface area (Å²) in [6.07, 6.45) is 0. The highest BCUT2D eigenvalue weighted by molar-refractivity contribution is 6.88. The Bertz CT molecular complexity index is 175. The predicted molar refractivity (Wildman–Crippen MR) is 55.7 cm³/mol. The van der Waals surface area contributed by atoms with Crippen molar-refractivity contribution in [3.8, 4) is 0 Å². The van der Waals surface area contributed by atoms with Crippen LogP contribution in [-0.4, -0.2) is 12.4 Å². The van der Waals surface area contributed by atoms with Gasteiger partial charge in [-0.3, -0.25) is 0 Å². The highest BCUT2D eigenvalue weighted by Gasteiger charge is 2.40. The van der Waals surface area contributed by atoms with Gasteiger partial charge in [0.1, 0.15) is 0 Å². The van der Waals surface area contributed by atoms with Gasteiger partial charge in [0.2, 0.25) is 6.71 Å². The first-order chi connectivity index (χ1) is 5.10. The zero-order valence-corrected chi connectivity index (χ0v) is 9.49. The van der Waals surface area contributed by atoms with Gasteiger partial charge in [-0.05, 0) is 5.41 Å². The van der Waals surface area contributed by atoms with E-state index in [0.717, 1.165) is 0 Å². The summed E-state index contributed by atoms with van der Waals surface area (Å²) < 4.78 is 0. The molecule has 0 atom stereocenters. The lowest BCUT2D eigenvalue weighted by molar-refractivity contribution is -0.124. The summed E-state index contributed by atoms with van der Waals surface area (Å²) in [5, 5.41) is 0. The topological polar surface area (TPSA) is 17.1 Å². The Balaban J connectivity index is 4.74. The predicted octanol–water partition coefficient (Wildman–Crippen LogP) is 2.92. The number of hydrogen-bond acceptors (Lipinski definition) is 1. The molecule has 0 bridgehead atoms. The molecule has 0 N–H and O–H groups in total. The second kappa shape index (κ2) is 3.23. The molecule has 0 fully saturated rings. The van der Waals surface area contributed by atoms with Crippen LogP contribution < -0.4 is 0 Å². The Morgan fingerprint density at radius 1 is 1.00 bits per heavy atom. The highest BCUT2D eigenvalue weighted by atomic mass is 16.1. The molecule has 0 heterocycles. The fourth-order valence-corrected chi connectivity index (χ4v) is 1.09. The fraction of sp³-hybridized carbons (Fsp3) is 0.900. The van der Waals surface area contributed by atoms with Crippen molar-refractivity contribution in [1.82, 2.24) is 0 Å². The largest absolute Gasteiger partial charge is 0.311 e. The molecule has 0 saturated carbocycles. The second-order valence-electron chi connectivity index (χ2n) is 5.39. The van der Waals surface area contributed by atoms with Gasteiger partial charge in [-0.1, -0.05) is 48.3 Å². The molecule has 0 aromatic carbocycles. The molecule has 0 amide bonds. The van der Waals surface area contributed by atoms with Crippen LogP contribution in [0.5, 0.6) is 0 Å². The van der Waals surface area contributed by atoms with Gasteiger partial charge in [-0.15, -0.1) is 0 Å². The monoisotopic (exact) mass is 168 g/mol. The first-order valence-electron chi connectivity index (χ1n) is 4.65. The molecule has 2 heteroatoms. The van der Waals surface area contributed by atoms with Gasteiger partial charge >= 0.3 is 0 Å². The number of carbonyl (C=O) groups excluding carboxylic acids is 1. The Morgan fingerprint density at radius 2 is 1.33 bits per heavy atom. The van der Waals surface area contributed by atoms with Crippen molar-refractivity contribution in [2.24, 2.45) is 10.8 Å². The Morgan fingerprint density at radius 3 is 1.42 bits per heavy atom. The fourth-order valence-electron chi connectivity index (χ4n) is 1.09. The molecule has 0 saturated heterocycles. The van der Waals surface area contributed by atoms with Crippen molar-refractivity contribution >= 4 is 12.4 Å². The zero-order chi connectivity index (χ0) is 10.2. The lowest BCUT2D eigenvalue weighted by Crippen LogP contribution is -2.43. The lowest BCUT2D eigenvalue weighted by atomic mass is 9.42. The maximum atomic E-state index is 11.8. The Hall–Kier alpha value is -0.265. The van der Waals surface area contributed by atoms with Crippen LogP contribution in [0.2, 0.25) is 13.6 Å². The third-order valence-corrected chi connectivity index (χ3v) is 3.02. The van der Waals surface area contributed by atoms with Gasteiger partial charge in [-0.2, -0.15) is 0 Å². The van der Waals surface area contributed by atoms with Crippen LogP contribution in [0.3, 0.4) is 0 Å². The molecule has 0 radical (unpaired) electrons. The van der Waals surface area contributed by atoms with E-state index in [1.165, 1.54) is 0 Å². The van der Waals surface area contributed by atoms with E-state index in [9.17, 15) is 4.79 Å². The number of carbonyl (C=O) groups is 1. The lowest BCUT2D eigenvalue weighted by Gasteiger charge is -2.38. The van der Waals surface area contributed by atoms with Gasteiger partial charge in [0, 0.05) is 5.41 Å². The summed E-state index contributed by atoms with van der Waals surface area (Å²) in [6.45, 7) is 14.5. The maximum absolute atomic E-state index is 11.8. The third-order valence-electron chi connectivity index (χ3n) is 3.02. The van der Waals surface area contributed by atoms with E-state index >= 15 is 0 Å². The first-order valence-corrected chi connectivity index (χ1v) is 4.65. The third kappa shape index (κ3) is 2.12. The summed E-state index contributed by atoms with van der Waals surface area (Å²) in [7, 11) is 0. The van der Waals surface area contributed by atoms with E-state index in [-0.39, 0.29) is 17.5 Å². The average molecular weight is 168 g/mol. The van der Waals surface area contributed by atoms with E-state index in [1.807, 2.05) is 27.5 Å². The highest BCUT2D eigenvalue weighted by Crippen LogP contribution is 2.39. The van der Waals surface area contributed by atoms with Gasteiger partial charge in [0.15, 0.2) is 0 Å². The maximum Gasteiger partial charge on any atom is 0.217 e. The standard InChI is InChI=1S/C10H21BO/c1-9(2,3)10(4,5)8(12)11(6)7/h1-7H3. The first kappa shape index (κ1) is 11.7. The second-order valence-corrected chi connectivity index (χ2v) is 5.39. The van der Waals surface area contributed by atoms with Crippen molar-refractivity contribution in [2.45, 2.75) is 48.3 Å². The molecule has 0 aromatic rings. The van der Waals surface area contributed by atoms with Crippen LogP contribution in [0.25, 0.3) is 0 Å². The van der Waals surface area contributed by atoms with Gasteiger partial charge in [-0.25, -0.2) is 0 Å². The van der Waals surface area contributed by atoms with E-state index in [2.05, 4.69) is 20.8 Å². The Kier molecular flexibility index (Phi) is 3.16.